The summed E-state index contributed by atoms with van der Waals surface area (Å²) in [4.78, 5) is 4.47. The van der Waals surface area contributed by atoms with Gasteiger partial charge in [0.05, 0.1) is 12.6 Å². The molecule has 2 N–H and O–H groups in total. The number of alkyl halides is 2. The number of hydrogen-bond donors (Lipinski definition) is 2. The van der Waals surface area contributed by atoms with Gasteiger partial charge in [-0.3, -0.25) is 0 Å². The molecule has 4 nitrogen and oxygen atoms in total. The third-order valence-corrected chi connectivity index (χ3v) is 4.06. The van der Waals surface area contributed by atoms with Crippen molar-refractivity contribution in [3.05, 3.63) is 23.4 Å². The summed E-state index contributed by atoms with van der Waals surface area (Å²) in [6, 6.07) is 2.99. The van der Waals surface area contributed by atoms with E-state index >= 15 is 0 Å². The first-order valence-electron chi connectivity index (χ1n) is 7.86. The van der Waals surface area contributed by atoms with Crippen molar-refractivity contribution < 1.29 is 13.5 Å². The molecule has 0 amide bonds. The van der Waals surface area contributed by atoms with Gasteiger partial charge in [0.2, 0.25) is 0 Å². The second kappa shape index (κ2) is 7.83. The van der Waals surface area contributed by atoms with E-state index in [-0.39, 0.29) is 12.8 Å². The van der Waals surface area contributed by atoms with Crippen molar-refractivity contribution in [3.63, 3.8) is 0 Å². The lowest BCUT2D eigenvalue weighted by Gasteiger charge is -2.25. The molecule has 22 heavy (non-hydrogen) atoms. The van der Waals surface area contributed by atoms with Crippen LogP contribution in [0.1, 0.15) is 31.0 Å². The highest BCUT2D eigenvalue weighted by atomic mass is 19.3. The lowest BCUT2D eigenvalue weighted by molar-refractivity contribution is -0.0400. The molecular formula is C16H25F2N3O. The summed E-state index contributed by atoms with van der Waals surface area (Å²) in [5, 5.41) is 6.03. The largest absolute Gasteiger partial charge is 0.383 e. The monoisotopic (exact) mass is 313 g/mol. The summed E-state index contributed by atoms with van der Waals surface area (Å²) in [6.45, 7) is 3.27. The highest BCUT2D eigenvalue weighted by molar-refractivity contribution is 5.47. The van der Waals surface area contributed by atoms with Gasteiger partial charge < -0.3 is 15.4 Å². The molecule has 0 spiro atoms. The Morgan fingerprint density at radius 2 is 2.27 bits per heavy atom. The molecule has 1 aromatic heterocycles. The van der Waals surface area contributed by atoms with E-state index in [1.165, 1.54) is 12.5 Å². The number of halogens is 2. The fourth-order valence-corrected chi connectivity index (χ4v) is 2.55. The van der Waals surface area contributed by atoms with E-state index in [9.17, 15) is 8.78 Å². The van der Waals surface area contributed by atoms with Gasteiger partial charge in [0.25, 0.3) is 5.92 Å². The third-order valence-electron chi connectivity index (χ3n) is 4.06. The van der Waals surface area contributed by atoms with Crippen LogP contribution in [0.4, 0.5) is 14.6 Å². The van der Waals surface area contributed by atoms with E-state index in [1.807, 2.05) is 12.1 Å². The average Bonchev–Trinajstić information content (AvgIpc) is 2.53. The van der Waals surface area contributed by atoms with Crippen LogP contribution in [0.3, 0.4) is 0 Å². The third kappa shape index (κ3) is 4.61. The topological polar surface area (TPSA) is 46.2 Å². The van der Waals surface area contributed by atoms with Crippen molar-refractivity contribution in [2.75, 3.05) is 32.1 Å². The van der Waals surface area contributed by atoms with E-state index < -0.39 is 12.0 Å². The van der Waals surface area contributed by atoms with E-state index in [2.05, 4.69) is 15.6 Å². The van der Waals surface area contributed by atoms with Gasteiger partial charge in [0.15, 0.2) is 0 Å². The Kier molecular flexibility index (Phi) is 6.08. The Bertz CT molecular complexity index is 482. The molecule has 0 saturated carbocycles. The van der Waals surface area contributed by atoms with Gasteiger partial charge in [-0.25, -0.2) is 13.8 Å². The molecule has 0 fully saturated rings. The van der Waals surface area contributed by atoms with E-state index in [1.54, 1.807) is 7.11 Å². The van der Waals surface area contributed by atoms with Gasteiger partial charge >= 0.3 is 0 Å². The summed E-state index contributed by atoms with van der Waals surface area (Å²) in [5.41, 5.74) is 1.90. The Labute approximate surface area is 130 Å². The van der Waals surface area contributed by atoms with Crippen molar-refractivity contribution in [1.82, 2.24) is 10.3 Å². The van der Waals surface area contributed by atoms with Crippen LogP contribution in [0.25, 0.3) is 0 Å². The number of aromatic nitrogens is 1. The zero-order valence-electron chi connectivity index (χ0n) is 13.3. The van der Waals surface area contributed by atoms with Crippen LogP contribution >= 0.6 is 0 Å². The minimum absolute atomic E-state index is 0.208. The average molecular weight is 313 g/mol. The Morgan fingerprint density at radius 1 is 1.45 bits per heavy atom. The molecule has 6 heteroatoms. The second-order valence-corrected chi connectivity index (χ2v) is 5.77. The van der Waals surface area contributed by atoms with Gasteiger partial charge in [0.1, 0.15) is 5.82 Å². The minimum atomic E-state index is -2.77. The van der Waals surface area contributed by atoms with Gasteiger partial charge in [-0.1, -0.05) is 6.07 Å². The van der Waals surface area contributed by atoms with Crippen molar-refractivity contribution in [2.45, 2.75) is 44.6 Å². The van der Waals surface area contributed by atoms with Crippen LogP contribution in [0, 0.1) is 0 Å². The number of hydrogen-bond acceptors (Lipinski definition) is 4. The van der Waals surface area contributed by atoms with E-state index in [0.717, 1.165) is 30.9 Å². The number of fused-ring (bicyclic) bond motifs is 1. The van der Waals surface area contributed by atoms with E-state index in [0.29, 0.717) is 13.2 Å². The molecule has 0 aliphatic carbocycles. The van der Waals surface area contributed by atoms with Gasteiger partial charge in [-0.2, -0.15) is 0 Å². The smallest absolute Gasteiger partial charge is 0.263 e. The van der Waals surface area contributed by atoms with Crippen molar-refractivity contribution in [3.8, 4) is 0 Å². The van der Waals surface area contributed by atoms with Crippen LogP contribution in [0.15, 0.2) is 12.1 Å². The summed E-state index contributed by atoms with van der Waals surface area (Å²) < 4.78 is 33.1. The van der Waals surface area contributed by atoms with Crippen LogP contribution in [-0.4, -0.2) is 43.8 Å². The van der Waals surface area contributed by atoms with Gasteiger partial charge in [0, 0.05) is 32.3 Å². The molecular weight excluding hydrogens is 288 g/mol. The van der Waals surface area contributed by atoms with Crippen LogP contribution in [0.5, 0.6) is 0 Å². The number of nitrogens with zero attached hydrogens (tertiary/aromatic N) is 1. The minimum Gasteiger partial charge on any atom is -0.383 e. The number of ether oxygens (including phenoxy) is 1. The Morgan fingerprint density at radius 3 is 3.05 bits per heavy atom. The van der Waals surface area contributed by atoms with E-state index in [4.69, 9.17) is 4.74 Å². The molecule has 2 rings (SSSR count). The number of aryl methyl sites for hydroxylation is 2. The molecule has 1 aliphatic heterocycles. The van der Waals surface area contributed by atoms with Gasteiger partial charge in [-0.15, -0.1) is 0 Å². The first-order chi connectivity index (χ1) is 10.5. The summed E-state index contributed by atoms with van der Waals surface area (Å²) in [7, 11) is 1.56. The number of anilines is 1. The first kappa shape index (κ1) is 17.1. The van der Waals surface area contributed by atoms with Crippen molar-refractivity contribution in [1.29, 1.82) is 0 Å². The standard InChI is InChI=1S/C16H25F2N3O/c1-12(19-10-11-22-2)16(17,18)8-7-14-6-5-13-4-3-9-20-15(13)21-14/h5-6,12,19H,3-4,7-11H2,1-2H3,(H,20,21). The number of pyridine rings is 1. The molecule has 0 saturated heterocycles. The molecule has 1 aliphatic rings. The van der Waals surface area contributed by atoms with Crippen LogP contribution in [0.2, 0.25) is 0 Å². The fourth-order valence-electron chi connectivity index (χ4n) is 2.55. The highest BCUT2D eigenvalue weighted by Gasteiger charge is 2.35. The highest BCUT2D eigenvalue weighted by Crippen LogP contribution is 2.26. The van der Waals surface area contributed by atoms with Crippen molar-refractivity contribution >= 4 is 5.82 Å². The molecule has 1 atom stereocenters. The summed E-state index contributed by atoms with van der Waals surface area (Å²) in [5.74, 6) is -1.91. The Hall–Kier alpha value is -1.27. The lowest BCUT2D eigenvalue weighted by atomic mass is 10.0. The number of methoxy groups -OCH3 is 1. The maximum absolute atomic E-state index is 14.1. The molecule has 124 valence electrons. The maximum atomic E-state index is 14.1. The predicted octanol–water partition coefficient (Wildman–Crippen LogP) is 2.63. The predicted molar refractivity (Wildman–Crippen MR) is 83.7 cm³/mol. The zero-order valence-corrected chi connectivity index (χ0v) is 13.3. The summed E-state index contributed by atoms with van der Waals surface area (Å²) >= 11 is 0. The SMILES string of the molecule is COCCNC(C)C(F)(F)CCc1ccc2c(n1)NCCC2. The molecule has 1 unspecified atom stereocenters. The molecule has 0 radical (unpaired) electrons. The van der Waals surface area contributed by atoms with Crippen LogP contribution < -0.4 is 10.6 Å². The molecule has 0 bridgehead atoms. The molecule has 2 heterocycles. The number of rotatable bonds is 8. The van der Waals surface area contributed by atoms with Crippen molar-refractivity contribution in [2.24, 2.45) is 0 Å². The fraction of sp³-hybridized carbons (Fsp3) is 0.688. The first-order valence-corrected chi connectivity index (χ1v) is 7.86. The second-order valence-electron chi connectivity index (χ2n) is 5.77. The maximum Gasteiger partial charge on any atom is 0.263 e. The van der Waals surface area contributed by atoms with Gasteiger partial charge in [-0.05, 0) is 37.8 Å². The zero-order chi connectivity index (χ0) is 16.0. The quantitative estimate of drug-likeness (QED) is 0.724. The number of nitrogens with one attached hydrogen (secondary N) is 2. The summed E-state index contributed by atoms with van der Waals surface area (Å²) in [6.07, 6.45) is 2.17. The lowest BCUT2D eigenvalue weighted by Crippen LogP contribution is -2.44. The van der Waals surface area contributed by atoms with Crippen LogP contribution in [-0.2, 0) is 17.6 Å². The Balaban J connectivity index is 1.88. The molecule has 1 aromatic rings. The normalized spacial score (nSPS) is 16.0. The molecule has 0 aromatic carbocycles.